The van der Waals surface area contributed by atoms with Crippen LogP contribution >= 0.6 is 11.6 Å². The van der Waals surface area contributed by atoms with Crippen molar-refractivity contribution in [3.05, 3.63) is 46.6 Å². The molecule has 2 heterocycles. The smallest absolute Gasteiger partial charge is 0.272 e. The first-order valence-corrected chi connectivity index (χ1v) is 11.7. The molecule has 2 fully saturated rings. The molecule has 178 valence electrons. The van der Waals surface area contributed by atoms with Crippen LogP contribution in [0.4, 0.5) is 5.82 Å². The van der Waals surface area contributed by atoms with Crippen LogP contribution in [0.25, 0.3) is 0 Å². The number of anilines is 1. The molecule has 0 atom stereocenters. The zero-order chi connectivity index (χ0) is 24.7. The highest BCUT2D eigenvalue weighted by molar-refractivity contribution is 6.31. The van der Waals surface area contributed by atoms with Gasteiger partial charge >= 0.3 is 0 Å². The van der Waals surface area contributed by atoms with Crippen molar-refractivity contribution in [1.29, 1.82) is 5.26 Å². The molecule has 8 nitrogen and oxygen atoms in total. The summed E-state index contributed by atoms with van der Waals surface area (Å²) in [5.74, 6) is 1.22. The van der Waals surface area contributed by atoms with Crippen molar-refractivity contribution >= 4 is 29.1 Å². The number of carbonyl (C=O) groups excluding carboxylic acids is 2. The minimum Gasteiger partial charge on any atom is -0.489 e. The van der Waals surface area contributed by atoms with E-state index in [4.69, 9.17) is 21.6 Å². The maximum absolute atomic E-state index is 13.0. The molecule has 1 N–H and O–H groups in total. The summed E-state index contributed by atoms with van der Waals surface area (Å²) in [7, 11) is 0. The minimum atomic E-state index is -0.368. The van der Waals surface area contributed by atoms with Crippen LogP contribution in [0.2, 0.25) is 5.02 Å². The molecular formula is C25H28ClN5O3. The Morgan fingerprint density at radius 3 is 2.38 bits per heavy atom. The number of ketones is 1. The van der Waals surface area contributed by atoms with Crippen LogP contribution in [0, 0.1) is 22.2 Å². The van der Waals surface area contributed by atoms with Gasteiger partial charge in [-0.1, -0.05) is 39.3 Å². The SMILES string of the molecule is CC1(C)C(NC(=O)c2ccc(N3CCC(=O)CC3)nn2)C(C)(C)C1Oc1ccc(C#N)c(Cl)c1. The monoisotopic (exact) mass is 481 g/mol. The quantitative estimate of drug-likeness (QED) is 0.692. The summed E-state index contributed by atoms with van der Waals surface area (Å²) in [6, 6.07) is 10.3. The summed E-state index contributed by atoms with van der Waals surface area (Å²) in [5, 5.41) is 20.9. The Bertz CT molecular complexity index is 1130. The van der Waals surface area contributed by atoms with Gasteiger partial charge in [-0.25, -0.2) is 0 Å². The summed E-state index contributed by atoms with van der Waals surface area (Å²) in [4.78, 5) is 26.4. The maximum Gasteiger partial charge on any atom is 0.272 e. The molecule has 34 heavy (non-hydrogen) atoms. The van der Waals surface area contributed by atoms with Crippen molar-refractivity contribution in [2.45, 2.75) is 52.7 Å². The molecule has 0 unspecified atom stereocenters. The zero-order valence-electron chi connectivity index (χ0n) is 19.8. The number of hydrogen-bond acceptors (Lipinski definition) is 7. The molecule has 1 amide bonds. The van der Waals surface area contributed by atoms with E-state index in [1.54, 1.807) is 30.3 Å². The third-order valence-corrected chi connectivity index (χ3v) is 7.27. The standard InChI is InChI=1S/C25H28ClN5O3/c1-24(2)22(25(3,4)23(24)34-17-6-5-15(14-27)18(26)13-17)28-21(33)19-7-8-20(30-29-19)31-11-9-16(32)10-12-31/h5-8,13,22-23H,9-12H2,1-4H3,(H,28,33). The summed E-state index contributed by atoms with van der Waals surface area (Å²) < 4.78 is 6.27. The summed E-state index contributed by atoms with van der Waals surface area (Å²) in [5.41, 5.74) is -0.0978. The van der Waals surface area contributed by atoms with Crippen molar-refractivity contribution in [2.24, 2.45) is 10.8 Å². The van der Waals surface area contributed by atoms with Gasteiger partial charge in [0.2, 0.25) is 0 Å². The topological polar surface area (TPSA) is 108 Å². The van der Waals surface area contributed by atoms with Crippen LogP contribution < -0.4 is 15.0 Å². The molecule has 1 aromatic carbocycles. The Balaban J connectivity index is 1.42. The minimum absolute atomic E-state index is 0.166. The molecule has 1 saturated heterocycles. The number of rotatable bonds is 5. The van der Waals surface area contributed by atoms with Crippen molar-refractivity contribution in [3.8, 4) is 11.8 Å². The van der Waals surface area contributed by atoms with E-state index < -0.39 is 0 Å². The van der Waals surface area contributed by atoms with E-state index in [1.165, 1.54) is 0 Å². The molecule has 1 saturated carbocycles. The number of nitrogens with zero attached hydrogens (tertiary/aromatic N) is 4. The molecule has 0 radical (unpaired) electrons. The molecular weight excluding hydrogens is 454 g/mol. The highest BCUT2D eigenvalue weighted by Crippen LogP contribution is 2.55. The molecule has 1 aliphatic heterocycles. The van der Waals surface area contributed by atoms with Crippen molar-refractivity contribution < 1.29 is 14.3 Å². The van der Waals surface area contributed by atoms with Gasteiger partial charge < -0.3 is 15.0 Å². The second kappa shape index (κ2) is 8.88. The van der Waals surface area contributed by atoms with E-state index in [-0.39, 0.29) is 40.4 Å². The van der Waals surface area contributed by atoms with Crippen LogP contribution in [-0.2, 0) is 4.79 Å². The number of halogens is 1. The Morgan fingerprint density at radius 1 is 1.15 bits per heavy atom. The van der Waals surface area contributed by atoms with E-state index in [0.29, 0.717) is 48.1 Å². The molecule has 0 spiro atoms. The first kappa shape index (κ1) is 24.0. The van der Waals surface area contributed by atoms with Gasteiger partial charge in [0, 0.05) is 48.9 Å². The van der Waals surface area contributed by atoms with Crippen molar-refractivity contribution in [2.75, 3.05) is 18.0 Å². The fourth-order valence-electron chi connectivity index (χ4n) is 5.40. The van der Waals surface area contributed by atoms with Crippen LogP contribution in [0.15, 0.2) is 30.3 Å². The van der Waals surface area contributed by atoms with E-state index >= 15 is 0 Å². The Labute approximate surface area is 204 Å². The van der Waals surface area contributed by atoms with Gasteiger partial charge in [0.1, 0.15) is 23.7 Å². The van der Waals surface area contributed by atoms with Gasteiger partial charge in [-0.05, 0) is 24.3 Å². The molecule has 4 rings (SSSR count). The molecule has 2 aliphatic rings. The van der Waals surface area contributed by atoms with Crippen LogP contribution in [0.5, 0.6) is 5.75 Å². The Kier molecular flexibility index (Phi) is 6.26. The van der Waals surface area contributed by atoms with Gasteiger partial charge in [-0.3, -0.25) is 9.59 Å². The molecule has 0 bridgehead atoms. The molecule has 2 aromatic rings. The van der Waals surface area contributed by atoms with Crippen LogP contribution in [0.1, 0.15) is 56.6 Å². The number of hydrogen-bond donors (Lipinski definition) is 1. The van der Waals surface area contributed by atoms with Gasteiger partial charge in [0.15, 0.2) is 11.5 Å². The van der Waals surface area contributed by atoms with E-state index in [2.05, 4.69) is 15.5 Å². The average molecular weight is 482 g/mol. The number of benzene rings is 1. The predicted molar refractivity (Wildman–Crippen MR) is 128 cm³/mol. The fraction of sp³-hybridized carbons (Fsp3) is 0.480. The normalized spacial score (nSPS) is 22.9. The first-order chi connectivity index (χ1) is 16.0. The lowest BCUT2D eigenvalue weighted by Crippen LogP contribution is -2.74. The second-order valence-electron chi connectivity index (χ2n) is 10.1. The first-order valence-electron chi connectivity index (χ1n) is 11.3. The number of aromatic nitrogens is 2. The average Bonchev–Trinajstić information content (AvgIpc) is 2.81. The third-order valence-electron chi connectivity index (χ3n) is 6.96. The number of ether oxygens (including phenoxy) is 1. The summed E-state index contributed by atoms with van der Waals surface area (Å²) >= 11 is 6.16. The number of amides is 1. The molecule has 1 aromatic heterocycles. The highest BCUT2D eigenvalue weighted by Gasteiger charge is 2.64. The van der Waals surface area contributed by atoms with Gasteiger partial charge in [-0.2, -0.15) is 5.26 Å². The molecule has 9 heteroatoms. The number of piperidine rings is 1. The molecule has 1 aliphatic carbocycles. The highest BCUT2D eigenvalue weighted by atomic mass is 35.5. The number of carbonyl (C=O) groups is 2. The lowest BCUT2D eigenvalue weighted by molar-refractivity contribution is -0.164. The Hall–Kier alpha value is -3.18. The van der Waals surface area contributed by atoms with Crippen LogP contribution in [0.3, 0.4) is 0 Å². The fourth-order valence-corrected chi connectivity index (χ4v) is 5.61. The zero-order valence-corrected chi connectivity index (χ0v) is 20.5. The lowest BCUT2D eigenvalue weighted by atomic mass is 9.49. The summed E-state index contributed by atoms with van der Waals surface area (Å²) in [6.07, 6.45) is 0.825. The lowest BCUT2D eigenvalue weighted by Gasteiger charge is -2.63. The second-order valence-corrected chi connectivity index (χ2v) is 10.5. The van der Waals surface area contributed by atoms with Gasteiger partial charge in [-0.15, -0.1) is 10.2 Å². The van der Waals surface area contributed by atoms with Crippen molar-refractivity contribution in [3.63, 3.8) is 0 Å². The Morgan fingerprint density at radius 2 is 1.82 bits per heavy atom. The van der Waals surface area contributed by atoms with Gasteiger partial charge in [0.25, 0.3) is 5.91 Å². The largest absolute Gasteiger partial charge is 0.489 e. The van der Waals surface area contributed by atoms with E-state index in [0.717, 1.165) is 0 Å². The van der Waals surface area contributed by atoms with Crippen LogP contribution in [-0.4, -0.2) is 47.1 Å². The number of nitrogens with one attached hydrogen (secondary N) is 1. The third kappa shape index (κ3) is 4.32. The van der Waals surface area contributed by atoms with E-state index in [1.807, 2.05) is 38.7 Å². The van der Waals surface area contributed by atoms with Crippen molar-refractivity contribution in [1.82, 2.24) is 15.5 Å². The van der Waals surface area contributed by atoms with E-state index in [9.17, 15) is 9.59 Å². The predicted octanol–water partition coefficient (Wildman–Crippen LogP) is 3.78. The number of Topliss-reactive ketones (excluding diaryl/α,β-unsaturated/α-hetero) is 1. The number of nitriles is 1. The maximum atomic E-state index is 13.0. The summed E-state index contributed by atoms with van der Waals surface area (Å²) in [6.45, 7) is 9.43. The van der Waals surface area contributed by atoms with Gasteiger partial charge in [0.05, 0.1) is 10.6 Å².